The van der Waals surface area contributed by atoms with Crippen LogP contribution in [0.3, 0.4) is 0 Å². The summed E-state index contributed by atoms with van der Waals surface area (Å²) < 4.78 is 5.22. The Labute approximate surface area is 59.2 Å². The second kappa shape index (κ2) is 2.14. The predicted molar refractivity (Wildman–Crippen MR) is 38.9 cm³/mol. The molecule has 1 aromatic carbocycles. The molecule has 0 saturated carbocycles. The summed E-state index contributed by atoms with van der Waals surface area (Å²) in [6, 6.07) is 8.57. The summed E-state index contributed by atoms with van der Waals surface area (Å²) in [4.78, 5) is 4.11. The molecule has 0 aromatic heterocycles. The Bertz CT molecular complexity index is 268. The highest BCUT2D eigenvalue weighted by Gasteiger charge is 2.03. The highest BCUT2D eigenvalue weighted by atomic mass is 16.5. The van der Waals surface area contributed by atoms with Crippen molar-refractivity contribution in [1.82, 2.24) is 0 Å². The van der Waals surface area contributed by atoms with E-state index in [4.69, 9.17) is 4.74 Å². The van der Waals surface area contributed by atoms with Crippen molar-refractivity contribution < 1.29 is 4.74 Å². The second-order valence-electron chi connectivity index (χ2n) is 2.01. The van der Waals surface area contributed by atoms with Crippen molar-refractivity contribution in [2.45, 2.75) is 0 Å². The Morgan fingerprint density at radius 1 is 1.60 bits per heavy atom. The lowest BCUT2D eigenvalue weighted by Crippen LogP contribution is -2.02. The molecule has 1 radical (unpaired) electrons. The number of fused-ring (bicyclic) bond motifs is 1. The fourth-order valence-electron chi connectivity index (χ4n) is 0.886. The summed E-state index contributed by atoms with van der Waals surface area (Å²) in [5.74, 6) is 0.755. The predicted octanol–water partition coefficient (Wildman–Crippen LogP) is 1.58. The van der Waals surface area contributed by atoms with E-state index in [1.54, 1.807) is 6.21 Å². The molecule has 2 rings (SSSR count). The Morgan fingerprint density at radius 2 is 2.60 bits per heavy atom. The minimum absolute atomic E-state index is 0.563. The minimum atomic E-state index is 0.563. The van der Waals surface area contributed by atoms with Gasteiger partial charge in [0.1, 0.15) is 12.3 Å². The van der Waals surface area contributed by atoms with Gasteiger partial charge in [0.2, 0.25) is 0 Å². The van der Waals surface area contributed by atoms with Crippen LogP contribution < -0.4 is 4.74 Å². The first-order chi connectivity index (χ1) is 4.97. The van der Waals surface area contributed by atoms with Crippen LogP contribution in [0.1, 0.15) is 0 Å². The number of hydrogen-bond donors (Lipinski definition) is 0. The average molecular weight is 132 g/mol. The molecule has 1 aliphatic heterocycles. The molecule has 0 fully saturated rings. The summed E-state index contributed by atoms with van der Waals surface area (Å²) in [6.07, 6.45) is 1.75. The molecular weight excluding hydrogens is 126 g/mol. The SMILES string of the molecule is [c]1cccc2c1OCC=N2. The van der Waals surface area contributed by atoms with Gasteiger partial charge in [-0.25, -0.2) is 0 Å². The first-order valence-corrected chi connectivity index (χ1v) is 3.13. The van der Waals surface area contributed by atoms with Crippen LogP contribution in [0.15, 0.2) is 23.2 Å². The zero-order valence-corrected chi connectivity index (χ0v) is 5.37. The summed E-state index contributed by atoms with van der Waals surface area (Å²) in [5.41, 5.74) is 0.869. The Kier molecular flexibility index (Phi) is 1.17. The largest absolute Gasteiger partial charge is 0.485 e. The minimum Gasteiger partial charge on any atom is -0.485 e. The fourth-order valence-corrected chi connectivity index (χ4v) is 0.886. The van der Waals surface area contributed by atoms with E-state index in [0.29, 0.717) is 6.61 Å². The third-order valence-electron chi connectivity index (χ3n) is 1.33. The van der Waals surface area contributed by atoms with Crippen LogP contribution in [-0.2, 0) is 0 Å². The second-order valence-corrected chi connectivity index (χ2v) is 2.01. The normalized spacial score (nSPS) is 14.0. The van der Waals surface area contributed by atoms with Gasteiger partial charge in [-0.05, 0) is 6.07 Å². The molecule has 0 saturated heterocycles. The summed E-state index contributed by atoms with van der Waals surface area (Å²) >= 11 is 0. The Balaban J connectivity index is 2.54. The van der Waals surface area contributed by atoms with Gasteiger partial charge in [-0.1, -0.05) is 12.1 Å². The summed E-state index contributed by atoms with van der Waals surface area (Å²) in [5, 5.41) is 0. The van der Waals surface area contributed by atoms with Crippen LogP contribution in [-0.4, -0.2) is 12.8 Å². The van der Waals surface area contributed by atoms with E-state index in [0.717, 1.165) is 11.4 Å². The number of hydrogen-bond acceptors (Lipinski definition) is 2. The average Bonchev–Trinajstić information content (AvgIpc) is 2.05. The monoisotopic (exact) mass is 132 g/mol. The molecule has 0 spiro atoms. The highest BCUT2D eigenvalue weighted by molar-refractivity contribution is 5.70. The lowest BCUT2D eigenvalue weighted by atomic mass is 10.3. The van der Waals surface area contributed by atoms with Crippen molar-refractivity contribution >= 4 is 11.9 Å². The fraction of sp³-hybridized carbons (Fsp3) is 0.125. The lowest BCUT2D eigenvalue weighted by molar-refractivity contribution is 0.376. The van der Waals surface area contributed by atoms with E-state index in [-0.39, 0.29) is 0 Å². The molecule has 0 amide bonds. The maximum absolute atomic E-state index is 5.22. The van der Waals surface area contributed by atoms with Gasteiger partial charge in [-0.15, -0.1) is 0 Å². The topological polar surface area (TPSA) is 21.6 Å². The molecule has 10 heavy (non-hydrogen) atoms. The van der Waals surface area contributed by atoms with Gasteiger partial charge in [0.05, 0.1) is 0 Å². The number of rotatable bonds is 0. The molecule has 49 valence electrons. The van der Waals surface area contributed by atoms with Crippen molar-refractivity contribution in [2.75, 3.05) is 6.61 Å². The van der Waals surface area contributed by atoms with Crippen molar-refractivity contribution in [3.05, 3.63) is 24.3 Å². The van der Waals surface area contributed by atoms with E-state index >= 15 is 0 Å². The first kappa shape index (κ1) is 5.47. The van der Waals surface area contributed by atoms with Gasteiger partial charge in [0, 0.05) is 12.3 Å². The van der Waals surface area contributed by atoms with Crippen molar-refractivity contribution in [3.63, 3.8) is 0 Å². The van der Waals surface area contributed by atoms with Gasteiger partial charge < -0.3 is 4.74 Å². The maximum atomic E-state index is 5.22. The van der Waals surface area contributed by atoms with E-state index < -0.39 is 0 Å². The van der Waals surface area contributed by atoms with Gasteiger partial charge in [-0.3, -0.25) is 4.99 Å². The van der Waals surface area contributed by atoms with E-state index in [2.05, 4.69) is 11.1 Å². The Morgan fingerprint density at radius 3 is 3.50 bits per heavy atom. The third kappa shape index (κ3) is 0.778. The number of benzene rings is 1. The molecule has 0 unspecified atom stereocenters. The van der Waals surface area contributed by atoms with Crippen molar-refractivity contribution in [1.29, 1.82) is 0 Å². The molecule has 0 bridgehead atoms. The van der Waals surface area contributed by atoms with Crippen LogP contribution in [0.25, 0.3) is 0 Å². The molecule has 0 aliphatic carbocycles. The number of para-hydroxylation sites is 1. The zero-order valence-electron chi connectivity index (χ0n) is 5.37. The van der Waals surface area contributed by atoms with Gasteiger partial charge in [-0.2, -0.15) is 0 Å². The molecule has 2 nitrogen and oxygen atoms in total. The first-order valence-electron chi connectivity index (χ1n) is 3.13. The van der Waals surface area contributed by atoms with Gasteiger partial charge in [0.15, 0.2) is 5.75 Å². The van der Waals surface area contributed by atoms with Gasteiger partial charge >= 0.3 is 0 Å². The van der Waals surface area contributed by atoms with Crippen LogP contribution in [0.4, 0.5) is 5.69 Å². The smallest absolute Gasteiger partial charge is 0.153 e. The summed E-state index contributed by atoms with van der Waals surface area (Å²) in [7, 11) is 0. The van der Waals surface area contributed by atoms with Crippen LogP contribution in [0.5, 0.6) is 5.75 Å². The molecule has 0 atom stereocenters. The lowest BCUT2D eigenvalue weighted by Gasteiger charge is -2.09. The maximum Gasteiger partial charge on any atom is 0.153 e. The number of nitrogens with zero attached hydrogens (tertiary/aromatic N) is 1. The molecule has 1 aliphatic rings. The molecule has 1 aromatic rings. The highest BCUT2D eigenvalue weighted by Crippen LogP contribution is 2.27. The molecule has 1 heterocycles. The van der Waals surface area contributed by atoms with E-state index in [9.17, 15) is 0 Å². The van der Waals surface area contributed by atoms with Crippen molar-refractivity contribution in [3.8, 4) is 5.75 Å². The van der Waals surface area contributed by atoms with E-state index in [1.807, 2.05) is 18.2 Å². The molecule has 2 heteroatoms. The third-order valence-corrected chi connectivity index (χ3v) is 1.33. The Hall–Kier alpha value is -1.31. The quantitative estimate of drug-likeness (QED) is 0.525. The van der Waals surface area contributed by atoms with Crippen molar-refractivity contribution in [2.24, 2.45) is 4.99 Å². The van der Waals surface area contributed by atoms with E-state index in [1.165, 1.54) is 0 Å². The standard InChI is InChI=1S/C8H6NO/c1-2-4-8-7(3-1)9-5-6-10-8/h1-3,5H,6H2. The van der Waals surface area contributed by atoms with Crippen LogP contribution in [0.2, 0.25) is 0 Å². The number of aliphatic imine (C=N–C) groups is 1. The molecular formula is C8H6NO. The number of ether oxygens (including phenoxy) is 1. The van der Waals surface area contributed by atoms with Gasteiger partial charge in [0.25, 0.3) is 0 Å². The van der Waals surface area contributed by atoms with Crippen LogP contribution in [0, 0.1) is 6.07 Å². The molecule has 0 N–H and O–H groups in total. The van der Waals surface area contributed by atoms with Crippen LogP contribution >= 0.6 is 0 Å². The summed E-state index contributed by atoms with van der Waals surface area (Å²) in [6.45, 7) is 0.563. The zero-order chi connectivity index (χ0) is 6.81.